The molecule has 0 aliphatic carbocycles. The minimum atomic E-state index is 0.553. The lowest BCUT2D eigenvalue weighted by atomic mass is 10.2. The molecule has 0 amide bonds. The van der Waals surface area contributed by atoms with E-state index in [0.717, 1.165) is 11.1 Å². The molecule has 22 heavy (non-hydrogen) atoms. The van der Waals surface area contributed by atoms with Crippen LogP contribution in [0.2, 0.25) is 0 Å². The Bertz CT molecular complexity index is 756. The summed E-state index contributed by atoms with van der Waals surface area (Å²) in [5.41, 5.74) is 1.95. The fraction of sp³-hybridized carbons (Fsp3) is 0.188. The van der Waals surface area contributed by atoms with Gasteiger partial charge in [-0.3, -0.25) is 0 Å². The van der Waals surface area contributed by atoms with Crippen LogP contribution in [0.3, 0.4) is 0 Å². The maximum absolute atomic E-state index is 5.29. The quantitative estimate of drug-likeness (QED) is 0.723. The Hall–Kier alpha value is -2.89. The summed E-state index contributed by atoms with van der Waals surface area (Å²) in [6.45, 7) is 0.584. The third-order valence-corrected chi connectivity index (χ3v) is 3.26. The zero-order valence-electron chi connectivity index (χ0n) is 12.4. The highest BCUT2D eigenvalue weighted by Gasteiger charge is 2.10. The zero-order chi connectivity index (χ0) is 15.4. The van der Waals surface area contributed by atoms with Crippen LogP contribution >= 0.6 is 0 Å². The molecule has 0 bridgehead atoms. The van der Waals surface area contributed by atoms with Gasteiger partial charge in [-0.1, -0.05) is 30.3 Å². The number of aromatic nitrogens is 4. The van der Waals surface area contributed by atoms with E-state index in [2.05, 4.69) is 15.4 Å². The van der Waals surface area contributed by atoms with E-state index in [4.69, 9.17) is 9.47 Å². The molecule has 6 nitrogen and oxygen atoms in total. The van der Waals surface area contributed by atoms with Crippen molar-refractivity contribution in [2.75, 3.05) is 14.2 Å². The van der Waals surface area contributed by atoms with Crippen LogP contribution in [0.15, 0.2) is 48.5 Å². The van der Waals surface area contributed by atoms with E-state index in [-0.39, 0.29) is 0 Å². The molecule has 2 aromatic carbocycles. The molecule has 1 aromatic heterocycles. The van der Waals surface area contributed by atoms with Gasteiger partial charge < -0.3 is 9.47 Å². The van der Waals surface area contributed by atoms with Crippen LogP contribution in [0.1, 0.15) is 5.56 Å². The second kappa shape index (κ2) is 6.26. The topological polar surface area (TPSA) is 62.1 Å². The van der Waals surface area contributed by atoms with Crippen molar-refractivity contribution in [2.45, 2.75) is 6.54 Å². The van der Waals surface area contributed by atoms with Gasteiger partial charge in [-0.05, 0) is 29.0 Å². The van der Waals surface area contributed by atoms with Gasteiger partial charge in [-0.25, -0.2) is 0 Å². The van der Waals surface area contributed by atoms with Crippen LogP contribution in [-0.2, 0) is 6.54 Å². The van der Waals surface area contributed by atoms with E-state index in [1.54, 1.807) is 19.0 Å². The van der Waals surface area contributed by atoms with E-state index in [9.17, 15) is 0 Å². The standard InChI is InChI=1S/C16H16N4O2/c1-21-14-9-8-13(10-15(14)22-2)16-17-19-20(18-16)11-12-6-4-3-5-7-12/h3-10H,11H2,1-2H3. The van der Waals surface area contributed by atoms with Crippen molar-refractivity contribution in [3.8, 4) is 22.9 Å². The molecule has 0 aliphatic rings. The third-order valence-electron chi connectivity index (χ3n) is 3.26. The Morgan fingerprint density at radius 1 is 0.955 bits per heavy atom. The van der Waals surface area contributed by atoms with Crippen molar-refractivity contribution >= 4 is 0 Å². The number of methoxy groups -OCH3 is 2. The Morgan fingerprint density at radius 3 is 2.45 bits per heavy atom. The Balaban J connectivity index is 1.84. The maximum atomic E-state index is 5.29. The lowest BCUT2D eigenvalue weighted by Gasteiger charge is -2.07. The third kappa shape index (κ3) is 2.90. The fourth-order valence-corrected chi connectivity index (χ4v) is 2.15. The predicted octanol–water partition coefficient (Wildman–Crippen LogP) is 2.41. The average Bonchev–Trinajstić information content (AvgIpc) is 3.03. The molecule has 1 heterocycles. The van der Waals surface area contributed by atoms with Crippen LogP contribution in [-0.4, -0.2) is 34.4 Å². The summed E-state index contributed by atoms with van der Waals surface area (Å²) in [6, 6.07) is 15.6. The van der Waals surface area contributed by atoms with Crippen LogP contribution in [0.5, 0.6) is 11.5 Å². The molecule has 0 atom stereocenters. The molecular formula is C16H16N4O2. The minimum Gasteiger partial charge on any atom is -0.493 e. The normalized spacial score (nSPS) is 10.5. The van der Waals surface area contributed by atoms with Gasteiger partial charge in [0.2, 0.25) is 5.82 Å². The molecule has 0 radical (unpaired) electrons. The number of hydrogen-bond acceptors (Lipinski definition) is 5. The SMILES string of the molecule is COc1ccc(-c2nnn(Cc3ccccc3)n2)cc1OC. The summed E-state index contributed by atoms with van der Waals surface area (Å²) in [6.07, 6.45) is 0. The number of rotatable bonds is 5. The number of ether oxygens (including phenoxy) is 2. The molecular weight excluding hydrogens is 280 g/mol. The summed E-state index contributed by atoms with van der Waals surface area (Å²) in [4.78, 5) is 1.57. The summed E-state index contributed by atoms with van der Waals surface area (Å²) >= 11 is 0. The fourth-order valence-electron chi connectivity index (χ4n) is 2.15. The number of benzene rings is 2. The first-order chi connectivity index (χ1) is 10.8. The first-order valence-electron chi connectivity index (χ1n) is 6.84. The van der Waals surface area contributed by atoms with Gasteiger partial charge in [-0.15, -0.1) is 10.2 Å². The molecule has 0 fully saturated rings. The summed E-state index contributed by atoms with van der Waals surface area (Å²) in [5.74, 6) is 1.86. The highest BCUT2D eigenvalue weighted by Crippen LogP contribution is 2.30. The molecule has 3 rings (SSSR count). The number of nitrogens with zero attached hydrogens (tertiary/aromatic N) is 4. The molecule has 112 valence electrons. The van der Waals surface area contributed by atoms with Crippen molar-refractivity contribution in [2.24, 2.45) is 0 Å². The van der Waals surface area contributed by atoms with Crippen molar-refractivity contribution in [3.05, 3.63) is 54.1 Å². The molecule has 0 aliphatic heterocycles. The average molecular weight is 296 g/mol. The molecule has 0 N–H and O–H groups in total. The van der Waals surface area contributed by atoms with Crippen LogP contribution in [0.25, 0.3) is 11.4 Å². The van der Waals surface area contributed by atoms with E-state index in [1.165, 1.54) is 0 Å². The van der Waals surface area contributed by atoms with E-state index in [1.807, 2.05) is 48.5 Å². The predicted molar refractivity (Wildman–Crippen MR) is 81.9 cm³/mol. The molecule has 0 saturated heterocycles. The van der Waals surface area contributed by atoms with Gasteiger partial charge in [0.25, 0.3) is 0 Å². The summed E-state index contributed by atoms with van der Waals surface area (Å²) < 4.78 is 10.5. The molecule has 0 spiro atoms. The van der Waals surface area contributed by atoms with E-state index >= 15 is 0 Å². The lowest BCUT2D eigenvalue weighted by molar-refractivity contribution is 0.355. The van der Waals surface area contributed by atoms with Gasteiger partial charge in [0.15, 0.2) is 11.5 Å². The maximum Gasteiger partial charge on any atom is 0.205 e. The highest BCUT2D eigenvalue weighted by molar-refractivity contribution is 5.60. The van der Waals surface area contributed by atoms with Gasteiger partial charge in [-0.2, -0.15) is 4.80 Å². The zero-order valence-corrected chi connectivity index (χ0v) is 12.4. The highest BCUT2D eigenvalue weighted by atomic mass is 16.5. The van der Waals surface area contributed by atoms with Gasteiger partial charge in [0, 0.05) is 5.56 Å². The molecule has 0 unspecified atom stereocenters. The number of hydrogen-bond donors (Lipinski definition) is 0. The van der Waals surface area contributed by atoms with E-state index in [0.29, 0.717) is 23.9 Å². The summed E-state index contributed by atoms with van der Waals surface area (Å²) in [7, 11) is 3.20. The first-order valence-corrected chi connectivity index (χ1v) is 6.84. The van der Waals surface area contributed by atoms with Crippen molar-refractivity contribution in [3.63, 3.8) is 0 Å². The van der Waals surface area contributed by atoms with Crippen LogP contribution < -0.4 is 9.47 Å². The second-order valence-corrected chi connectivity index (χ2v) is 4.70. The van der Waals surface area contributed by atoms with Crippen molar-refractivity contribution in [1.82, 2.24) is 20.2 Å². The largest absolute Gasteiger partial charge is 0.493 e. The minimum absolute atomic E-state index is 0.553. The second-order valence-electron chi connectivity index (χ2n) is 4.70. The van der Waals surface area contributed by atoms with Gasteiger partial charge in [0.05, 0.1) is 20.8 Å². The smallest absolute Gasteiger partial charge is 0.205 e. The van der Waals surface area contributed by atoms with Crippen molar-refractivity contribution in [1.29, 1.82) is 0 Å². The van der Waals surface area contributed by atoms with Gasteiger partial charge >= 0.3 is 0 Å². The lowest BCUT2D eigenvalue weighted by Crippen LogP contribution is -2.03. The first kappa shape index (κ1) is 14.1. The molecule has 0 saturated carbocycles. The Morgan fingerprint density at radius 2 is 1.73 bits per heavy atom. The number of tetrazole rings is 1. The Kier molecular flexibility index (Phi) is 4.00. The molecule has 3 aromatic rings. The van der Waals surface area contributed by atoms with E-state index < -0.39 is 0 Å². The summed E-state index contributed by atoms with van der Waals surface area (Å²) in [5, 5.41) is 12.6. The van der Waals surface area contributed by atoms with Crippen molar-refractivity contribution < 1.29 is 9.47 Å². The van der Waals surface area contributed by atoms with Gasteiger partial charge in [0.1, 0.15) is 0 Å². The van der Waals surface area contributed by atoms with Crippen LogP contribution in [0.4, 0.5) is 0 Å². The monoisotopic (exact) mass is 296 g/mol. The Labute approximate surface area is 128 Å². The molecule has 6 heteroatoms. The van der Waals surface area contributed by atoms with Crippen LogP contribution in [0, 0.1) is 0 Å².